The van der Waals surface area contributed by atoms with E-state index in [9.17, 15) is 4.79 Å². The van der Waals surface area contributed by atoms with Crippen molar-refractivity contribution in [1.29, 1.82) is 0 Å². The predicted octanol–water partition coefficient (Wildman–Crippen LogP) is 6.40. The number of rotatable bonds is 5. The van der Waals surface area contributed by atoms with Crippen LogP contribution in [0.15, 0.2) is 59.2 Å². The Kier molecular flexibility index (Phi) is 5.51. The van der Waals surface area contributed by atoms with Gasteiger partial charge in [0.1, 0.15) is 11.3 Å². The van der Waals surface area contributed by atoms with E-state index < -0.39 is 0 Å². The summed E-state index contributed by atoms with van der Waals surface area (Å²) in [5, 5.41) is 4.92. The summed E-state index contributed by atoms with van der Waals surface area (Å²) in [5.41, 5.74) is 4.46. The Labute approximate surface area is 177 Å². The Balaban J connectivity index is 1.40. The third kappa shape index (κ3) is 4.94. The number of hydrogen-bond acceptors (Lipinski definition) is 4. The van der Waals surface area contributed by atoms with E-state index in [1.54, 1.807) is 12.1 Å². The van der Waals surface area contributed by atoms with E-state index in [0.717, 1.165) is 22.3 Å². The second-order valence-corrected chi connectivity index (χ2v) is 8.51. The molecule has 2 aromatic heterocycles. The van der Waals surface area contributed by atoms with E-state index in [0.29, 0.717) is 15.9 Å². The summed E-state index contributed by atoms with van der Waals surface area (Å²) in [5.74, 6) is 0.336. The number of nitrogens with one attached hydrogen (secondary N) is 1. The quantitative estimate of drug-likeness (QED) is 0.378. The van der Waals surface area contributed by atoms with Crippen LogP contribution in [0.25, 0.3) is 17.0 Å². The lowest BCUT2D eigenvalue weighted by Gasteiger charge is -2.03. The smallest absolute Gasteiger partial charge is 0.250 e. The van der Waals surface area contributed by atoms with E-state index in [-0.39, 0.29) is 5.91 Å². The number of carbonyl (C=O) groups excluding carboxylic acids is 1. The lowest BCUT2D eigenvalue weighted by Crippen LogP contribution is -2.06. The van der Waals surface area contributed by atoms with Crippen molar-refractivity contribution < 1.29 is 9.21 Å². The zero-order valence-corrected chi connectivity index (χ0v) is 17.6. The SMILES string of the molecule is Cc1cc(C)cc(Cc2cnc(NC(=O)C=Cc3cc4cc(Cl)ccc4o3)s2)c1. The summed E-state index contributed by atoms with van der Waals surface area (Å²) in [6.45, 7) is 4.19. The fraction of sp³-hybridized carbons (Fsp3) is 0.130. The molecular weight excluding hydrogens is 404 g/mol. The van der Waals surface area contributed by atoms with Gasteiger partial charge in [0.2, 0.25) is 5.91 Å². The fourth-order valence-corrected chi connectivity index (χ4v) is 4.27. The van der Waals surface area contributed by atoms with Gasteiger partial charge in [-0.2, -0.15) is 0 Å². The maximum absolute atomic E-state index is 12.2. The standard InChI is InChI=1S/C23H19ClN2O2S/c1-14-7-15(2)9-16(8-14)10-20-13-25-23(29-20)26-22(27)6-4-19-12-17-11-18(24)3-5-21(17)28-19/h3-9,11-13H,10H2,1-2H3,(H,25,26,27). The predicted molar refractivity (Wildman–Crippen MR) is 120 cm³/mol. The molecule has 29 heavy (non-hydrogen) atoms. The molecule has 2 heterocycles. The van der Waals surface area contributed by atoms with Crippen molar-refractivity contribution in [2.24, 2.45) is 0 Å². The van der Waals surface area contributed by atoms with Crippen LogP contribution in [-0.4, -0.2) is 10.9 Å². The number of carbonyl (C=O) groups is 1. The van der Waals surface area contributed by atoms with E-state index in [1.807, 2.05) is 24.4 Å². The summed E-state index contributed by atoms with van der Waals surface area (Å²) in [7, 11) is 0. The number of aryl methyl sites for hydroxylation is 2. The van der Waals surface area contributed by atoms with E-state index in [1.165, 1.54) is 34.1 Å². The highest BCUT2D eigenvalue weighted by Crippen LogP contribution is 2.24. The minimum atomic E-state index is -0.254. The molecule has 0 unspecified atom stereocenters. The van der Waals surface area contributed by atoms with Crippen LogP contribution < -0.4 is 5.32 Å². The molecule has 0 saturated carbocycles. The molecule has 2 aromatic carbocycles. The van der Waals surface area contributed by atoms with Crippen molar-refractivity contribution in [2.75, 3.05) is 5.32 Å². The van der Waals surface area contributed by atoms with Gasteiger partial charge in [0.05, 0.1) is 0 Å². The zero-order valence-electron chi connectivity index (χ0n) is 16.0. The van der Waals surface area contributed by atoms with E-state index >= 15 is 0 Å². The van der Waals surface area contributed by atoms with Crippen LogP contribution in [0.5, 0.6) is 0 Å². The first kappa shape index (κ1) is 19.4. The number of hydrogen-bond donors (Lipinski definition) is 1. The Bertz CT molecular complexity index is 1200. The second-order valence-electron chi connectivity index (χ2n) is 6.96. The van der Waals surface area contributed by atoms with Crippen LogP contribution in [0.3, 0.4) is 0 Å². The van der Waals surface area contributed by atoms with Gasteiger partial charge in [0.25, 0.3) is 0 Å². The molecule has 1 amide bonds. The van der Waals surface area contributed by atoms with Crippen molar-refractivity contribution in [3.8, 4) is 0 Å². The van der Waals surface area contributed by atoms with Crippen molar-refractivity contribution in [2.45, 2.75) is 20.3 Å². The summed E-state index contributed by atoms with van der Waals surface area (Å²) >= 11 is 7.46. The van der Waals surface area contributed by atoms with E-state index in [4.69, 9.17) is 16.0 Å². The minimum Gasteiger partial charge on any atom is -0.457 e. The highest BCUT2D eigenvalue weighted by molar-refractivity contribution is 7.15. The molecule has 4 rings (SSSR count). The van der Waals surface area contributed by atoms with Crippen LogP contribution in [0.2, 0.25) is 5.02 Å². The van der Waals surface area contributed by atoms with Gasteiger partial charge in [0, 0.05) is 34.0 Å². The molecule has 146 valence electrons. The summed E-state index contributed by atoms with van der Waals surface area (Å²) in [6, 6.07) is 13.8. The largest absolute Gasteiger partial charge is 0.457 e. The van der Waals surface area contributed by atoms with Gasteiger partial charge in [-0.1, -0.05) is 40.9 Å². The number of fused-ring (bicyclic) bond motifs is 1. The van der Waals surface area contributed by atoms with Crippen LogP contribution in [-0.2, 0) is 11.2 Å². The molecule has 0 bridgehead atoms. The molecule has 0 aliphatic heterocycles. The Morgan fingerprint density at radius 2 is 1.97 bits per heavy atom. The first-order valence-electron chi connectivity index (χ1n) is 9.15. The molecule has 0 saturated heterocycles. The van der Waals surface area contributed by atoms with Crippen molar-refractivity contribution >= 4 is 51.0 Å². The Morgan fingerprint density at radius 3 is 2.76 bits per heavy atom. The first-order valence-corrected chi connectivity index (χ1v) is 10.3. The lowest BCUT2D eigenvalue weighted by molar-refractivity contribution is -0.111. The van der Waals surface area contributed by atoms with Crippen LogP contribution in [0.1, 0.15) is 27.3 Å². The number of nitrogens with zero attached hydrogens (tertiary/aromatic N) is 1. The molecule has 0 radical (unpaired) electrons. The molecule has 4 nitrogen and oxygen atoms in total. The summed E-state index contributed by atoms with van der Waals surface area (Å²) < 4.78 is 5.67. The minimum absolute atomic E-state index is 0.254. The van der Waals surface area contributed by atoms with Gasteiger partial charge < -0.3 is 4.42 Å². The molecule has 4 aromatic rings. The lowest BCUT2D eigenvalue weighted by atomic mass is 10.0. The number of benzene rings is 2. The van der Waals surface area contributed by atoms with Gasteiger partial charge in [-0.3, -0.25) is 10.1 Å². The monoisotopic (exact) mass is 422 g/mol. The van der Waals surface area contributed by atoms with Crippen LogP contribution in [0.4, 0.5) is 5.13 Å². The maximum atomic E-state index is 12.2. The van der Waals surface area contributed by atoms with Crippen molar-refractivity contribution in [3.63, 3.8) is 0 Å². The average molecular weight is 423 g/mol. The topological polar surface area (TPSA) is 55.1 Å². The first-order chi connectivity index (χ1) is 13.9. The summed E-state index contributed by atoms with van der Waals surface area (Å²) in [4.78, 5) is 17.6. The highest BCUT2D eigenvalue weighted by atomic mass is 35.5. The molecular formula is C23H19ClN2O2S. The number of anilines is 1. The number of furan rings is 1. The molecule has 0 atom stereocenters. The van der Waals surface area contributed by atoms with Crippen LogP contribution in [0, 0.1) is 13.8 Å². The zero-order chi connectivity index (χ0) is 20.4. The van der Waals surface area contributed by atoms with Crippen molar-refractivity contribution in [3.05, 3.63) is 87.1 Å². The molecule has 0 spiro atoms. The summed E-state index contributed by atoms with van der Waals surface area (Å²) in [6.07, 6.45) is 5.68. The molecule has 6 heteroatoms. The fourth-order valence-electron chi connectivity index (χ4n) is 3.24. The Morgan fingerprint density at radius 1 is 1.17 bits per heavy atom. The van der Waals surface area contributed by atoms with Gasteiger partial charge in [0.15, 0.2) is 5.13 Å². The maximum Gasteiger partial charge on any atom is 0.250 e. The molecule has 0 fully saturated rings. The average Bonchev–Trinajstić information content (AvgIpc) is 3.25. The highest BCUT2D eigenvalue weighted by Gasteiger charge is 2.07. The third-order valence-corrected chi connectivity index (χ3v) is 5.49. The third-order valence-electron chi connectivity index (χ3n) is 4.34. The van der Waals surface area contributed by atoms with Crippen molar-refractivity contribution in [1.82, 2.24) is 4.98 Å². The van der Waals surface area contributed by atoms with Gasteiger partial charge in [-0.05, 0) is 49.8 Å². The number of aromatic nitrogens is 1. The number of halogens is 1. The van der Waals surface area contributed by atoms with Gasteiger partial charge in [-0.15, -0.1) is 11.3 Å². The number of thiazole rings is 1. The second kappa shape index (κ2) is 8.23. The van der Waals surface area contributed by atoms with E-state index in [2.05, 4.69) is 42.3 Å². The van der Waals surface area contributed by atoms with Crippen LogP contribution >= 0.6 is 22.9 Å². The molecule has 0 aliphatic carbocycles. The van der Waals surface area contributed by atoms with Gasteiger partial charge >= 0.3 is 0 Å². The molecule has 0 aliphatic rings. The number of amides is 1. The Hall–Kier alpha value is -2.89. The molecule has 1 N–H and O–H groups in total. The normalized spacial score (nSPS) is 11.4. The van der Waals surface area contributed by atoms with Gasteiger partial charge in [-0.25, -0.2) is 4.98 Å².